The minimum absolute atomic E-state index is 0.0129. The maximum Gasteiger partial charge on any atom is 0.303 e. The number of rotatable bonds is 11. The molecule has 0 aromatic rings. The summed E-state index contributed by atoms with van der Waals surface area (Å²) in [4.78, 5) is 46.1. The number of carboxylic acids is 1. The van der Waals surface area contributed by atoms with Crippen molar-refractivity contribution in [2.24, 2.45) is 5.41 Å². The Hall–Kier alpha value is -1.69. The number of carbonyl (C=O) groups is 4. The number of nitrogens with one attached hydrogen (secondary N) is 2. The van der Waals surface area contributed by atoms with Crippen LogP contribution in [0.5, 0.6) is 0 Å². The molecule has 0 aromatic heterocycles. The maximum atomic E-state index is 12.6. The van der Waals surface area contributed by atoms with E-state index >= 15 is 0 Å². The molecule has 1 saturated heterocycles. The van der Waals surface area contributed by atoms with Gasteiger partial charge in [-0.2, -0.15) is 0 Å². The lowest BCUT2D eigenvalue weighted by Gasteiger charge is -2.46. The van der Waals surface area contributed by atoms with E-state index in [9.17, 15) is 19.2 Å². The van der Waals surface area contributed by atoms with Gasteiger partial charge in [0.25, 0.3) is 5.97 Å². The average Bonchev–Trinajstić information content (AvgIpc) is 2.64. The van der Waals surface area contributed by atoms with E-state index in [1.807, 2.05) is 0 Å². The van der Waals surface area contributed by atoms with Crippen LogP contribution in [0.2, 0.25) is 0 Å². The molecular weight excluding hydrogens is 404 g/mol. The average molecular weight is 435 g/mol. The van der Waals surface area contributed by atoms with Crippen molar-refractivity contribution in [3.8, 4) is 0 Å². The number of hydrogen-bond acceptors (Lipinski definition) is 8. The van der Waals surface area contributed by atoms with Gasteiger partial charge in [-0.25, -0.2) is 0 Å². The number of aliphatic carboxylic acids is 1. The topological polar surface area (TPSA) is 140 Å². The van der Waals surface area contributed by atoms with Crippen LogP contribution in [-0.4, -0.2) is 72.6 Å². The number of thioether (sulfide) groups is 1. The first kappa shape index (κ1) is 25.3. The Bertz CT molecular complexity index is 613. The molecule has 0 aliphatic carbocycles. The number of methoxy groups -OCH3 is 1. The second kappa shape index (κ2) is 11.5. The first-order chi connectivity index (χ1) is 13.5. The molecule has 1 aliphatic rings. The molecule has 11 heteroatoms. The fourth-order valence-electron chi connectivity index (χ4n) is 2.62. The number of carbonyl (C=O) groups excluding carboxylic acids is 3. The van der Waals surface area contributed by atoms with Crippen molar-refractivity contribution in [2.75, 3.05) is 32.6 Å². The van der Waals surface area contributed by atoms with E-state index in [1.165, 1.54) is 14.0 Å². The molecule has 1 fully saturated rings. The highest BCUT2D eigenvalue weighted by Crippen LogP contribution is 2.38. The molecule has 0 bridgehead atoms. The van der Waals surface area contributed by atoms with E-state index in [-0.39, 0.29) is 43.4 Å². The van der Waals surface area contributed by atoms with E-state index < -0.39 is 29.4 Å². The van der Waals surface area contributed by atoms with Gasteiger partial charge in [0.1, 0.15) is 6.10 Å². The Kier molecular flexibility index (Phi) is 10.0. The lowest BCUT2D eigenvalue weighted by Crippen LogP contribution is -2.59. The molecule has 10 nitrogen and oxygen atoms in total. The lowest BCUT2D eigenvalue weighted by molar-refractivity contribution is -0.425. The van der Waals surface area contributed by atoms with Crippen LogP contribution in [0.1, 0.15) is 40.0 Å². The van der Waals surface area contributed by atoms with E-state index in [0.717, 1.165) is 11.8 Å². The van der Waals surface area contributed by atoms with Crippen molar-refractivity contribution in [2.45, 2.75) is 52.1 Å². The third-order valence-electron chi connectivity index (χ3n) is 4.25. The van der Waals surface area contributed by atoms with Gasteiger partial charge in [0.2, 0.25) is 11.8 Å². The van der Waals surface area contributed by atoms with E-state index in [0.29, 0.717) is 12.3 Å². The molecule has 166 valence electrons. The van der Waals surface area contributed by atoms with Gasteiger partial charge in [-0.15, -0.1) is 0 Å². The van der Waals surface area contributed by atoms with Crippen LogP contribution in [0.3, 0.4) is 0 Å². The van der Waals surface area contributed by atoms with Crippen LogP contribution in [0.15, 0.2) is 0 Å². The fraction of sp³-hybridized carbons (Fsp3) is 0.778. The van der Waals surface area contributed by atoms with E-state index in [4.69, 9.17) is 19.3 Å². The molecule has 1 rings (SSSR count). The summed E-state index contributed by atoms with van der Waals surface area (Å²) in [6.45, 7) is 5.64. The van der Waals surface area contributed by atoms with Gasteiger partial charge in [0.05, 0.1) is 13.0 Å². The predicted octanol–water partition coefficient (Wildman–Crippen LogP) is 0.495. The smallest absolute Gasteiger partial charge is 0.303 e. The fourth-order valence-corrected chi connectivity index (χ4v) is 3.11. The molecule has 2 amide bonds. The third kappa shape index (κ3) is 8.69. The zero-order valence-corrected chi connectivity index (χ0v) is 18.1. The van der Waals surface area contributed by atoms with Crippen molar-refractivity contribution in [1.29, 1.82) is 0 Å². The standard InChI is InChI=1S/C18H30N2O8S/c1-12(21)29-10-9-19-13(22)6-8-20-16(25)15-17(2,3)11-27-18(26-4,28-15)7-5-14(23)24/h15H,5-11H2,1-4H3,(H,19,22)(H,20,25)(H,23,24)/t15-,18?/m0/s1. The van der Waals surface area contributed by atoms with Gasteiger partial charge >= 0.3 is 5.97 Å². The summed E-state index contributed by atoms with van der Waals surface area (Å²) < 4.78 is 16.6. The summed E-state index contributed by atoms with van der Waals surface area (Å²) in [6.07, 6.45) is -1.18. The monoisotopic (exact) mass is 434 g/mol. The third-order valence-corrected chi connectivity index (χ3v) is 5.06. The number of hydrogen-bond donors (Lipinski definition) is 3. The van der Waals surface area contributed by atoms with Crippen LogP contribution in [0, 0.1) is 5.41 Å². The highest BCUT2D eigenvalue weighted by molar-refractivity contribution is 8.13. The highest BCUT2D eigenvalue weighted by Gasteiger charge is 2.50. The quantitative estimate of drug-likeness (QED) is 0.396. The molecule has 2 atom stereocenters. The van der Waals surface area contributed by atoms with Crippen molar-refractivity contribution in [1.82, 2.24) is 10.6 Å². The second-order valence-corrected chi connectivity index (χ2v) is 8.56. The summed E-state index contributed by atoms with van der Waals surface area (Å²) in [5.74, 6) is -2.83. The molecule has 1 aliphatic heterocycles. The van der Waals surface area contributed by atoms with Gasteiger partial charge in [-0.1, -0.05) is 25.6 Å². The van der Waals surface area contributed by atoms with Gasteiger partial charge < -0.3 is 30.0 Å². The largest absolute Gasteiger partial charge is 0.481 e. The van der Waals surface area contributed by atoms with Crippen LogP contribution in [0.4, 0.5) is 0 Å². The normalized spacial score (nSPS) is 23.2. The van der Waals surface area contributed by atoms with Crippen molar-refractivity contribution in [3.05, 3.63) is 0 Å². The van der Waals surface area contributed by atoms with Gasteiger partial charge in [0.15, 0.2) is 5.12 Å². The molecular formula is C18H30N2O8S. The lowest BCUT2D eigenvalue weighted by atomic mass is 9.85. The van der Waals surface area contributed by atoms with Crippen LogP contribution < -0.4 is 10.6 Å². The van der Waals surface area contributed by atoms with Crippen molar-refractivity contribution >= 4 is 34.7 Å². The first-order valence-corrected chi connectivity index (χ1v) is 10.3. The van der Waals surface area contributed by atoms with Crippen LogP contribution in [0.25, 0.3) is 0 Å². The van der Waals surface area contributed by atoms with Crippen LogP contribution in [-0.2, 0) is 33.4 Å². The summed E-state index contributed by atoms with van der Waals surface area (Å²) in [7, 11) is 1.32. The summed E-state index contributed by atoms with van der Waals surface area (Å²) in [5, 5.41) is 14.2. The Morgan fingerprint density at radius 1 is 1.17 bits per heavy atom. The number of amides is 2. The van der Waals surface area contributed by atoms with Gasteiger partial charge in [0, 0.05) is 51.1 Å². The molecule has 1 unspecified atom stereocenters. The first-order valence-electron chi connectivity index (χ1n) is 9.28. The van der Waals surface area contributed by atoms with Crippen molar-refractivity contribution in [3.63, 3.8) is 0 Å². The minimum atomic E-state index is -1.61. The zero-order chi connectivity index (χ0) is 22.1. The Labute approximate surface area is 174 Å². The predicted molar refractivity (Wildman–Crippen MR) is 105 cm³/mol. The molecule has 0 spiro atoms. The summed E-state index contributed by atoms with van der Waals surface area (Å²) in [5.41, 5.74) is -0.679. The van der Waals surface area contributed by atoms with Gasteiger partial charge in [-0.05, 0) is 0 Å². The van der Waals surface area contributed by atoms with Crippen molar-refractivity contribution < 1.29 is 38.5 Å². The Balaban J connectivity index is 2.53. The molecule has 0 radical (unpaired) electrons. The number of ether oxygens (including phenoxy) is 3. The van der Waals surface area contributed by atoms with E-state index in [1.54, 1.807) is 13.8 Å². The van der Waals surface area contributed by atoms with Crippen LogP contribution >= 0.6 is 11.8 Å². The minimum Gasteiger partial charge on any atom is -0.481 e. The summed E-state index contributed by atoms with van der Waals surface area (Å²) >= 11 is 1.13. The zero-order valence-electron chi connectivity index (χ0n) is 17.2. The summed E-state index contributed by atoms with van der Waals surface area (Å²) in [6, 6.07) is 0. The molecule has 0 saturated carbocycles. The SMILES string of the molecule is COC1(CCC(=O)O)OCC(C)(C)[C@H](C(=O)NCCC(=O)NCCSC(C)=O)O1. The van der Waals surface area contributed by atoms with E-state index in [2.05, 4.69) is 10.6 Å². The Morgan fingerprint density at radius 2 is 1.86 bits per heavy atom. The number of carboxylic acid groups (broad SMARTS) is 1. The molecule has 29 heavy (non-hydrogen) atoms. The second-order valence-electron chi connectivity index (χ2n) is 7.29. The van der Waals surface area contributed by atoms with Gasteiger partial charge in [-0.3, -0.25) is 19.2 Å². The molecule has 0 aromatic carbocycles. The maximum absolute atomic E-state index is 12.6. The Morgan fingerprint density at radius 3 is 2.45 bits per heavy atom. The highest BCUT2D eigenvalue weighted by atomic mass is 32.2. The molecule has 1 heterocycles. The molecule has 3 N–H and O–H groups in total.